The van der Waals surface area contributed by atoms with Crippen LogP contribution in [0.5, 0.6) is 0 Å². The summed E-state index contributed by atoms with van der Waals surface area (Å²) < 4.78 is 39.7. The predicted molar refractivity (Wildman–Crippen MR) is 110 cm³/mol. The highest BCUT2D eigenvalue weighted by atomic mass is 19.4. The summed E-state index contributed by atoms with van der Waals surface area (Å²) >= 11 is 0. The molecule has 0 radical (unpaired) electrons. The van der Waals surface area contributed by atoms with Gasteiger partial charge < -0.3 is 15.0 Å². The van der Waals surface area contributed by atoms with E-state index in [1.54, 1.807) is 42.7 Å². The van der Waals surface area contributed by atoms with Gasteiger partial charge in [0, 0.05) is 31.3 Å². The number of para-hydroxylation sites is 1. The highest BCUT2D eigenvalue weighted by Crippen LogP contribution is 2.28. The van der Waals surface area contributed by atoms with E-state index in [4.69, 9.17) is 0 Å². The number of carbonyl (C=O) groups excluding carboxylic acids is 2. The Morgan fingerprint density at radius 2 is 1.78 bits per heavy atom. The van der Waals surface area contributed by atoms with Gasteiger partial charge in [-0.25, -0.2) is 4.98 Å². The van der Waals surface area contributed by atoms with Crippen molar-refractivity contribution >= 4 is 23.1 Å². The van der Waals surface area contributed by atoms with Gasteiger partial charge in [-0.3, -0.25) is 14.6 Å². The van der Waals surface area contributed by atoms with Crippen LogP contribution in [0.15, 0.2) is 73.3 Å². The van der Waals surface area contributed by atoms with Gasteiger partial charge >= 0.3 is 6.18 Å². The van der Waals surface area contributed by atoms with Crippen LogP contribution in [-0.2, 0) is 12.7 Å². The molecule has 2 amide bonds. The molecule has 0 spiro atoms. The van der Waals surface area contributed by atoms with Crippen molar-refractivity contribution in [2.75, 3.05) is 5.32 Å². The first kappa shape index (κ1) is 21.0. The Bertz CT molecular complexity index is 1290. The molecule has 1 aromatic carbocycles. The number of carbonyl (C=O) groups is 2. The van der Waals surface area contributed by atoms with Crippen LogP contribution in [-0.4, -0.2) is 26.2 Å². The molecule has 0 saturated carbocycles. The van der Waals surface area contributed by atoms with Gasteiger partial charge in [0.1, 0.15) is 5.65 Å². The van der Waals surface area contributed by atoms with Crippen LogP contribution >= 0.6 is 0 Å². The van der Waals surface area contributed by atoms with E-state index >= 15 is 0 Å². The summed E-state index contributed by atoms with van der Waals surface area (Å²) in [5.41, 5.74) is 0.439. The van der Waals surface area contributed by atoms with Crippen LogP contribution in [0.2, 0.25) is 0 Å². The van der Waals surface area contributed by atoms with E-state index in [0.29, 0.717) is 0 Å². The summed E-state index contributed by atoms with van der Waals surface area (Å²) in [6.07, 6.45) is 0.728. The quantitative estimate of drug-likeness (QED) is 0.493. The molecule has 7 nitrogen and oxygen atoms in total. The zero-order valence-electron chi connectivity index (χ0n) is 16.4. The van der Waals surface area contributed by atoms with Crippen LogP contribution < -0.4 is 10.6 Å². The fraction of sp³-hybridized carbons (Fsp3) is 0.0909. The number of anilines is 1. The Labute approximate surface area is 179 Å². The second-order valence-electron chi connectivity index (χ2n) is 6.85. The molecule has 32 heavy (non-hydrogen) atoms. The molecular weight excluding hydrogens is 423 g/mol. The largest absolute Gasteiger partial charge is 0.434 e. The van der Waals surface area contributed by atoms with Crippen molar-refractivity contribution in [3.8, 4) is 0 Å². The Hall–Kier alpha value is -4.21. The molecule has 3 heterocycles. The molecule has 0 saturated heterocycles. The summed E-state index contributed by atoms with van der Waals surface area (Å²) in [7, 11) is 0. The van der Waals surface area contributed by atoms with E-state index in [2.05, 4.69) is 20.6 Å². The number of hydrogen-bond donors (Lipinski definition) is 2. The lowest BCUT2D eigenvalue weighted by molar-refractivity contribution is -0.140. The monoisotopic (exact) mass is 439 g/mol. The number of benzene rings is 1. The summed E-state index contributed by atoms with van der Waals surface area (Å²) in [5, 5.41) is 5.40. The molecular formula is C22H16F3N5O2. The number of alkyl halides is 3. The number of nitrogens with one attached hydrogen (secondary N) is 2. The number of rotatable bonds is 5. The van der Waals surface area contributed by atoms with Gasteiger partial charge in [0.15, 0.2) is 5.69 Å². The Morgan fingerprint density at radius 3 is 2.53 bits per heavy atom. The zero-order valence-corrected chi connectivity index (χ0v) is 16.4. The Kier molecular flexibility index (Phi) is 5.59. The maximum Gasteiger partial charge on any atom is 0.434 e. The van der Waals surface area contributed by atoms with Crippen molar-refractivity contribution in [1.82, 2.24) is 19.7 Å². The van der Waals surface area contributed by atoms with Gasteiger partial charge in [-0.2, -0.15) is 13.2 Å². The minimum absolute atomic E-state index is 0.0593. The molecule has 0 fully saturated rings. The smallest absolute Gasteiger partial charge is 0.348 e. The number of fused-ring (bicyclic) bond motifs is 1. The molecule has 0 aliphatic rings. The summed E-state index contributed by atoms with van der Waals surface area (Å²) in [5.74, 6) is -0.980. The highest BCUT2D eigenvalue weighted by molar-refractivity contribution is 6.09. The molecule has 10 heteroatoms. The van der Waals surface area contributed by atoms with Crippen molar-refractivity contribution in [3.05, 3.63) is 95.7 Å². The second kappa shape index (κ2) is 8.50. The predicted octanol–water partition coefficient (Wildman–Crippen LogP) is 3.93. The van der Waals surface area contributed by atoms with Crippen LogP contribution in [0.25, 0.3) is 5.65 Å². The molecule has 0 aliphatic heterocycles. The van der Waals surface area contributed by atoms with E-state index in [-0.39, 0.29) is 29.0 Å². The first-order valence-corrected chi connectivity index (χ1v) is 9.45. The maximum absolute atomic E-state index is 12.9. The Morgan fingerprint density at radius 1 is 0.969 bits per heavy atom. The molecule has 4 aromatic rings. The third-order valence-corrected chi connectivity index (χ3v) is 4.60. The van der Waals surface area contributed by atoms with Gasteiger partial charge in [0.25, 0.3) is 11.8 Å². The van der Waals surface area contributed by atoms with Gasteiger partial charge in [-0.15, -0.1) is 0 Å². The average Bonchev–Trinajstić information content (AvgIpc) is 3.23. The fourth-order valence-electron chi connectivity index (χ4n) is 3.03. The van der Waals surface area contributed by atoms with E-state index in [9.17, 15) is 22.8 Å². The van der Waals surface area contributed by atoms with Crippen molar-refractivity contribution in [1.29, 1.82) is 0 Å². The summed E-state index contributed by atoms with van der Waals surface area (Å²) in [6, 6.07) is 12.7. The van der Waals surface area contributed by atoms with Gasteiger partial charge in [0.05, 0.1) is 16.8 Å². The van der Waals surface area contributed by atoms with Crippen molar-refractivity contribution in [2.24, 2.45) is 0 Å². The lowest BCUT2D eigenvalue weighted by Crippen LogP contribution is -2.25. The first-order valence-electron chi connectivity index (χ1n) is 9.45. The van der Waals surface area contributed by atoms with Gasteiger partial charge in [-0.05, 0) is 35.9 Å². The van der Waals surface area contributed by atoms with E-state index in [1.165, 1.54) is 18.3 Å². The second-order valence-corrected chi connectivity index (χ2v) is 6.85. The van der Waals surface area contributed by atoms with E-state index in [0.717, 1.165) is 16.2 Å². The number of imidazole rings is 1. The Balaban J connectivity index is 1.51. The van der Waals surface area contributed by atoms with Crippen LogP contribution in [0.3, 0.4) is 0 Å². The molecule has 4 rings (SSSR count). The zero-order chi connectivity index (χ0) is 22.7. The lowest BCUT2D eigenvalue weighted by atomic mass is 10.1. The SMILES string of the molecule is O=C(Nc1ccccc1C(=O)NCc1cccnc1)c1ccc2nc(C(F)(F)F)cn2c1. The van der Waals surface area contributed by atoms with Crippen LogP contribution in [0, 0.1) is 0 Å². The van der Waals surface area contributed by atoms with Crippen molar-refractivity contribution < 1.29 is 22.8 Å². The maximum atomic E-state index is 12.9. The molecule has 0 bridgehead atoms. The minimum atomic E-state index is -4.59. The number of aromatic nitrogens is 3. The molecule has 3 aromatic heterocycles. The lowest BCUT2D eigenvalue weighted by Gasteiger charge is -2.12. The van der Waals surface area contributed by atoms with Gasteiger partial charge in [0.2, 0.25) is 0 Å². The average molecular weight is 439 g/mol. The van der Waals surface area contributed by atoms with Gasteiger partial charge in [-0.1, -0.05) is 18.2 Å². The topological polar surface area (TPSA) is 88.4 Å². The number of pyridine rings is 2. The first-order chi connectivity index (χ1) is 15.3. The number of halogens is 3. The van der Waals surface area contributed by atoms with E-state index in [1.807, 2.05) is 6.07 Å². The minimum Gasteiger partial charge on any atom is -0.348 e. The molecule has 0 unspecified atom stereocenters. The molecule has 2 N–H and O–H groups in total. The van der Waals surface area contributed by atoms with Crippen molar-refractivity contribution in [2.45, 2.75) is 12.7 Å². The van der Waals surface area contributed by atoms with E-state index < -0.39 is 23.7 Å². The normalized spacial score (nSPS) is 11.3. The fourth-order valence-corrected chi connectivity index (χ4v) is 3.03. The van der Waals surface area contributed by atoms with Crippen LogP contribution in [0.4, 0.5) is 18.9 Å². The molecule has 162 valence electrons. The highest BCUT2D eigenvalue weighted by Gasteiger charge is 2.33. The standard InChI is InChI=1S/C22H16F3N5O2/c23-22(24,25)18-13-30-12-15(7-8-19(30)29-18)20(31)28-17-6-2-1-5-16(17)21(32)27-11-14-4-3-9-26-10-14/h1-10,12-13H,11H2,(H,27,32)(H,28,31). The number of hydrogen-bond acceptors (Lipinski definition) is 4. The van der Waals surface area contributed by atoms with Crippen molar-refractivity contribution in [3.63, 3.8) is 0 Å². The number of nitrogens with zero attached hydrogens (tertiary/aromatic N) is 3. The third-order valence-electron chi connectivity index (χ3n) is 4.60. The third kappa shape index (κ3) is 4.59. The summed E-state index contributed by atoms with van der Waals surface area (Å²) in [4.78, 5) is 32.8. The summed E-state index contributed by atoms with van der Waals surface area (Å²) in [6.45, 7) is 0.258. The number of amides is 2. The molecule has 0 aliphatic carbocycles. The molecule has 0 atom stereocenters. The van der Waals surface area contributed by atoms with Crippen LogP contribution in [0.1, 0.15) is 32.0 Å².